The van der Waals surface area contributed by atoms with Crippen molar-refractivity contribution < 1.29 is 9.53 Å². The molecule has 1 saturated heterocycles. The molecule has 1 rings (SSSR count). The molecule has 4 nitrogen and oxygen atoms in total. The van der Waals surface area contributed by atoms with E-state index >= 15 is 0 Å². The highest BCUT2D eigenvalue weighted by molar-refractivity contribution is 5.80. The molecular weight excluding hydrogens is 168 g/mol. The second-order valence-corrected chi connectivity index (χ2v) is 3.42. The van der Waals surface area contributed by atoms with E-state index in [-0.39, 0.29) is 17.9 Å². The van der Waals surface area contributed by atoms with Crippen molar-refractivity contribution in [2.24, 2.45) is 5.92 Å². The van der Waals surface area contributed by atoms with Gasteiger partial charge < -0.3 is 15.4 Å². The van der Waals surface area contributed by atoms with Crippen molar-refractivity contribution in [3.63, 3.8) is 0 Å². The van der Waals surface area contributed by atoms with Gasteiger partial charge in [0.1, 0.15) is 0 Å². The van der Waals surface area contributed by atoms with Crippen LogP contribution >= 0.6 is 0 Å². The number of nitrogens with one attached hydrogen (secondary N) is 2. The first kappa shape index (κ1) is 10.5. The fourth-order valence-corrected chi connectivity index (χ4v) is 1.17. The highest BCUT2D eigenvalue weighted by Crippen LogP contribution is 2.02. The van der Waals surface area contributed by atoms with Crippen LogP contribution in [0.15, 0.2) is 0 Å². The van der Waals surface area contributed by atoms with E-state index in [1.165, 1.54) is 0 Å². The van der Waals surface area contributed by atoms with Crippen molar-refractivity contribution in [1.29, 1.82) is 0 Å². The number of rotatable bonds is 5. The fraction of sp³-hybridized carbons (Fsp3) is 0.889. The first-order valence-corrected chi connectivity index (χ1v) is 4.83. The number of ether oxygens (including phenoxy) is 1. The van der Waals surface area contributed by atoms with Gasteiger partial charge in [-0.3, -0.25) is 4.79 Å². The van der Waals surface area contributed by atoms with Crippen LogP contribution in [0.25, 0.3) is 0 Å². The molecule has 0 radical (unpaired) electrons. The topological polar surface area (TPSA) is 50.4 Å². The summed E-state index contributed by atoms with van der Waals surface area (Å²) in [7, 11) is 0. The number of carbonyl (C=O) groups excluding carboxylic acids is 1. The summed E-state index contributed by atoms with van der Waals surface area (Å²) < 4.78 is 5.20. The molecule has 1 amide bonds. The lowest BCUT2D eigenvalue weighted by Crippen LogP contribution is -2.52. The second kappa shape index (κ2) is 5.19. The van der Waals surface area contributed by atoms with Gasteiger partial charge in [0.15, 0.2) is 0 Å². The molecule has 0 bridgehead atoms. The Hall–Kier alpha value is -0.610. The maximum atomic E-state index is 11.4. The smallest absolute Gasteiger partial charge is 0.225 e. The molecule has 0 aromatic rings. The zero-order valence-electron chi connectivity index (χ0n) is 8.30. The van der Waals surface area contributed by atoms with E-state index < -0.39 is 0 Å². The summed E-state index contributed by atoms with van der Waals surface area (Å²) in [5.41, 5.74) is 0. The quantitative estimate of drug-likeness (QED) is 0.622. The van der Waals surface area contributed by atoms with Crippen LogP contribution in [-0.2, 0) is 9.53 Å². The van der Waals surface area contributed by atoms with Gasteiger partial charge in [0.05, 0.1) is 12.5 Å². The van der Waals surface area contributed by atoms with Gasteiger partial charge in [-0.25, -0.2) is 0 Å². The van der Waals surface area contributed by atoms with Crippen LogP contribution in [0.4, 0.5) is 0 Å². The van der Waals surface area contributed by atoms with Gasteiger partial charge >= 0.3 is 0 Å². The predicted molar refractivity (Wildman–Crippen MR) is 50.5 cm³/mol. The number of amides is 1. The summed E-state index contributed by atoms with van der Waals surface area (Å²) >= 11 is 0. The highest BCUT2D eigenvalue weighted by Gasteiger charge is 2.25. The molecule has 1 heterocycles. The molecule has 0 aliphatic carbocycles. The Morgan fingerprint density at radius 1 is 1.69 bits per heavy atom. The minimum atomic E-state index is 0.119. The van der Waals surface area contributed by atoms with Gasteiger partial charge in [-0.1, -0.05) is 0 Å². The summed E-state index contributed by atoms with van der Waals surface area (Å²) in [5.74, 6) is 0.315. The van der Waals surface area contributed by atoms with Crippen LogP contribution in [0.2, 0.25) is 0 Å². The van der Waals surface area contributed by atoms with Crippen molar-refractivity contribution in [1.82, 2.24) is 10.6 Å². The molecule has 0 aromatic heterocycles. The van der Waals surface area contributed by atoms with Gasteiger partial charge in [-0.2, -0.15) is 0 Å². The Kier molecular flexibility index (Phi) is 4.18. The van der Waals surface area contributed by atoms with Crippen LogP contribution in [0.3, 0.4) is 0 Å². The van der Waals surface area contributed by atoms with E-state index in [0.717, 1.165) is 13.1 Å². The summed E-state index contributed by atoms with van der Waals surface area (Å²) in [4.78, 5) is 11.4. The largest absolute Gasteiger partial charge is 0.380 e. The number of hydrogen-bond acceptors (Lipinski definition) is 3. The van der Waals surface area contributed by atoms with E-state index in [1.54, 1.807) is 0 Å². The highest BCUT2D eigenvalue weighted by atomic mass is 16.5. The summed E-state index contributed by atoms with van der Waals surface area (Å²) in [6.07, 6.45) is 0. The lowest BCUT2D eigenvalue weighted by atomic mass is 10.0. The molecule has 1 atom stereocenters. The molecule has 0 unspecified atom stereocenters. The maximum Gasteiger partial charge on any atom is 0.225 e. The minimum absolute atomic E-state index is 0.119. The Morgan fingerprint density at radius 2 is 2.38 bits per heavy atom. The van der Waals surface area contributed by atoms with Gasteiger partial charge in [-0.15, -0.1) is 0 Å². The Morgan fingerprint density at radius 3 is 2.85 bits per heavy atom. The standard InChI is InChI=1S/C9H18N2O2/c1-3-13-6-7(2)11-9(12)8-4-10-5-8/h7-8,10H,3-6H2,1-2H3,(H,11,12)/t7-/m0/s1. The monoisotopic (exact) mass is 186 g/mol. The predicted octanol–water partition coefficient (Wildman–Crippen LogP) is -0.253. The number of carbonyl (C=O) groups is 1. The van der Waals surface area contributed by atoms with Crippen LogP contribution in [0, 0.1) is 5.92 Å². The third kappa shape index (κ3) is 3.32. The van der Waals surface area contributed by atoms with Crippen LogP contribution < -0.4 is 10.6 Å². The zero-order chi connectivity index (χ0) is 9.68. The van der Waals surface area contributed by atoms with Crippen LogP contribution in [0.1, 0.15) is 13.8 Å². The Bertz CT molecular complexity index is 169. The maximum absolute atomic E-state index is 11.4. The minimum Gasteiger partial charge on any atom is -0.380 e. The van der Waals surface area contributed by atoms with Crippen molar-refractivity contribution in [3.05, 3.63) is 0 Å². The van der Waals surface area contributed by atoms with E-state index in [0.29, 0.717) is 13.2 Å². The molecule has 4 heteroatoms. The SMILES string of the molecule is CCOC[C@H](C)NC(=O)C1CNC1. The first-order chi connectivity index (χ1) is 6.24. The molecule has 1 fully saturated rings. The zero-order valence-corrected chi connectivity index (χ0v) is 8.30. The van der Waals surface area contributed by atoms with Gasteiger partial charge in [0, 0.05) is 25.7 Å². The third-order valence-electron chi connectivity index (χ3n) is 2.11. The molecule has 13 heavy (non-hydrogen) atoms. The van der Waals surface area contributed by atoms with Crippen LogP contribution in [0.5, 0.6) is 0 Å². The molecule has 0 spiro atoms. The van der Waals surface area contributed by atoms with E-state index in [1.807, 2.05) is 13.8 Å². The third-order valence-corrected chi connectivity index (χ3v) is 2.11. The summed E-state index contributed by atoms with van der Waals surface area (Å²) in [5, 5.41) is 5.98. The molecule has 76 valence electrons. The Balaban J connectivity index is 2.11. The lowest BCUT2D eigenvalue weighted by molar-refractivity contribution is -0.127. The molecule has 1 aliphatic heterocycles. The van der Waals surface area contributed by atoms with Gasteiger partial charge in [0.25, 0.3) is 0 Å². The summed E-state index contributed by atoms with van der Waals surface area (Å²) in [6.45, 7) is 6.83. The lowest BCUT2D eigenvalue weighted by Gasteiger charge is -2.27. The molecule has 0 saturated carbocycles. The average molecular weight is 186 g/mol. The normalized spacial score (nSPS) is 19.2. The van der Waals surface area contributed by atoms with Crippen molar-refractivity contribution in [2.75, 3.05) is 26.3 Å². The molecule has 2 N–H and O–H groups in total. The van der Waals surface area contributed by atoms with E-state index in [9.17, 15) is 4.79 Å². The van der Waals surface area contributed by atoms with Crippen LogP contribution in [-0.4, -0.2) is 38.3 Å². The van der Waals surface area contributed by atoms with E-state index in [4.69, 9.17) is 4.74 Å². The molecular formula is C9H18N2O2. The van der Waals surface area contributed by atoms with Crippen molar-refractivity contribution in [2.45, 2.75) is 19.9 Å². The van der Waals surface area contributed by atoms with Crippen molar-refractivity contribution in [3.8, 4) is 0 Å². The average Bonchev–Trinajstić information content (AvgIpc) is 1.97. The van der Waals surface area contributed by atoms with Gasteiger partial charge in [0.2, 0.25) is 5.91 Å². The number of hydrogen-bond donors (Lipinski definition) is 2. The van der Waals surface area contributed by atoms with E-state index in [2.05, 4.69) is 10.6 Å². The summed E-state index contributed by atoms with van der Waals surface area (Å²) in [6, 6.07) is 0.119. The molecule has 1 aliphatic rings. The van der Waals surface area contributed by atoms with Crippen molar-refractivity contribution >= 4 is 5.91 Å². The van der Waals surface area contributed by atoms with Gasteiger partial charge in [-0.05, 0) is 13.8 Å². The molecule has 0 aromatic carbocycles. The fourth-order valence-electron chi connectivity index (χ4n) is 1.17. The first-order valence-electron chi connectivity index (χ1n) is 4.83. The Labute approximate surface area is 79.0 Å². The second-order valence-electron chi connectivity index (χ2n) is 3.42.